The molecule has 6 heteroatoms. The standard InChI is InChI=1S/C12H12ClNO4/c13-11-3-1-2-9-10(6-14(16)17)8(7-15)4-5-18-12(9)11/h1-3,7-8,10H,4-6H2. The number of halogens is 1. The van der Waals surface area contributed by atoms with Crippen LogP contribution in [0.3, 0.4) is 0 Å². The van der Waals surface area contributed by atoms with Gasteiger partial charge in [0.25, 0.3) is 0 Å². The van der Waals surface area contributed by atoms with Gasteiger partial charge >= 0.3 is 0 Å². The molecule has 0 amide bonds. The predicted octanol–water partition coefficient (Wildman–Crippen LogP) is 2.30. The normalized spacial score (nSPS) is 22.5. The maximum atomic E-state index is 11.1. The molecule has 0 saturated carbocycles. The van der Waals surface area contributed by atoms with Gasteiger partial charge in [0, 0.05) is 16.4 Å². The zero-order valence-corrected chi connectivity index (χ0v) is 10.3. The molecule has 0 spiro atoms. The number of carbonyl (C=O) groups is 1. The Labute approximate surface area is 109 Å². The van der Waals surface area contributed by atoms with Crippen molar-refractivity contribution in [3.05, 3.63) is 38.9 Å². The number of carbonyl (C=O) groups excluding carboxylic acids is 1. The summed E-state index contributed by atoms with van der Waals surface area (Å²) in [5.41, 5.74) is 0.647. The van der Waals surface area contributed by atoms with Gasteiger partial charge in [-0.05, 0) is 12.5 Å². The second-order valence-electron chi connectivity index (χ2n) is 4.22. The fraction of sp³-hybridized carbons (Fsp3) is 0.417. The minimum atomic E-state index is -0.478. The molecule has 0 fully saturated rings. The highest BCUT2D eigenvalue weighted by molar-refractivity contribution is 6.32. The predicted molar refractivity (Wildman–Crippen MR) is 65.7 cm³/mol. The van der Waals surface area contributed by atoms with Crippen LogP contribution in [0.5, 0.6) is 5.75 Å². The number of nitrogens with zero attached hydrogens (tertiary/aromatic N) is 1. The zero-order chi connectivity index (χ0) is 13.1. The molecule has 96 valence electrons. The number of hydrogen-bond acceptors (Lipinski definition) is 4. The third kappa shape index (κ3) is 2.46. The molecule has 2 atom stereocenters. The second-order valence-corrected chi connectivity index (χ2v) is 4.62. The Morgan fingerprint density at radius 1 is 1.56 bits per heavy atom. The van der Waals surface area contributed by atoms with Crippen molar-refractivity contribution in [2.24, 2.45) is 5.92 Å². The Kier molecular flexibility index (Phi) is 3.81. The molecule has 0 saturated heterocycles. The van der Waals surface area contributed by atoms with E-state index < -0.39 is 16.8 Å². The van der Waals surface area contributed by atoms with E-state index in [0.717, 1.165) is 6.29 Å². The summed E-state index contributed by atoms with van der Waals surface area (Å²) in [4.78, 5) is 21.4. The number of para-hydroxylation sites is 1. The van der Waals surface area contributed by atoms with Crippen LogP contribution in [0.25, 0.3) is 0 Å². The summed E-state index contributed by atoms with van der Waals surface area (Å²) >= 11 is 6.02. The van der Waals surface area contributed by atoms with Gasteiger partial charge < -0.3 is 9.53 Å². The number of rotatable bonds is 3. The molecule has 2 rings (SSSR count). The molecule has 0 bridgehead atoms. The van der Waals surface area contributed by atoms with Crippen LogP contribution in [0.15, 0.2) is 18.2 Å². The summed E-state index contributed by atoms with van der Waals surface area (Å²) < 4.78 is 5.51. The number of benzene rings is 1. The number of fused-ring (bicyclic) bond motifs is 1. The van der Waals surface area contributed by atoms with Crippen molar-refractivity contribution >= 4 is 17.9 Å². The first-order chi connectivity index (χ1) is 8.63. The summed E-state index contributed by atoms with van der Waals surface area (Å²) in [7, 11) is 0. The Balaban J connectivity index is 2.47. The topological polar surface area (TPSA) is 69.4 Å². The third-order valence-electron chi connectivity index (χ3n) is 3.13. The molecular weight excluding hydrogens is 258 g/mol. The molecule has 1 heterocycles. The van der Waals surface area contributed by atoms with Crippen molar-refractivity contribution in [2.75, 3.05) is 13.2 Å². The van der Waals surface area contributed by atoms with E-state index in [1.165, 1.54) is 0 Å². The first-order valence-corrected chi connectivity index (χ1v) is 5.99. The van der Waals surface area contributed by atoms with Gasteiger partial charge in [0.05, 0.1) is 17.5 Å². The van der Waals surface area contributed by atoms with Crippen LogP contribution in [0.4, 0.5) is 0 Å². The number of nitro groups is 1. The van der Waals surface area contributed by atoms with Gasteiger partial charge in [-0.3, -0.25) is 10.1 Å². The molecule has 0 aliphatic carbocycles. The highest BCUT2D eigenvalue weighted by atomic mass is 35.5. The Morgan fingerprint density at radius 3 is 3.00 bits per heavy atom. The molecular formula is C12H12ClNO4. The molecule has 1 aromatic carbocycles. The lowest BCUT2D eigenvalue weighted by Crippen LogP contribution is -2.22. The molecule has 18 heavy (non-hydrogen) atoms. The van der Waals surface area contributed by atoms with Gasteiger partial charge in [-0.2, -0.15) is 0 Å². The summed E-state index contributed by atoms with van der Waals surface area (Å²) in [6, 6.07) is 5.12. The summed E-state index contributed by atoms with van der Waals surface area (Å²) in [5, 5.41) is 11.2. The lowest BCUT2D eigenvalue weighted by Gasteiger charge is -2.17. The smallest absolute Gasteiger partial charge is 0.211 e. The monoisotopic (exact) mass is 269 g/mol. The van der Waals surface area contributed by atoms with Crippen LogP contribution >= 0.6 is 11.6 Å². The summed E-state index contributed by atoms with van der Waals surface area (Å²) in [6.45, 7) is 0.0501. The first kappa shape index (κ1) is 12.8. The van der Waals surface area contributed by atoms with Gasteiger partial charge in [-0.25, -0.2) is 0 Å². The molecule has 0 N–H and O–H groups in total. The van der Waals surface area contributed by atoms with E-state index >= 15 is 0 Å². The van der Waals surface area contributed by atoms with Crippen molar-refractivity contribution in [2.45, 2.75) is 12.3 Å². The minimum Gasteiger partial charge on any atom is -0.492 e. The van der Waals surface area contributed by atoms with Crippen LogP contribution in [-0.2, 0) is 4.79 Å². The van der Waals surface area contributed by atoms with Gasteiger partial charge in [-0.15, -0.1) is 0 Å². The van der Waals surface area contributed by atoms with Crippen molar-refractivity contribution < 1.29 is 14.5 Å². The molecule has 1 aromatic rings. The van der Waals surface area contributed by atoms with Gasteiger partial charge in [0.2, 0.25) is 6.54 Å². The number of ether oxygens (including phenoxy) is 1. The summed E-state index contributed by atoms with van der Waals surface area (Å²) in [5.74, 6) is -0.417. The van der Waals surface area contributed by atoms with Crippen LogP contribution in [0.1, 0.15) is 17.9 Å². The fourth-order valence-corrected chi connectivity index (χ4v) is 2.49. The van der Waals surface area contributed by atoms with Crippen molar-refractivity contribution in [1.82, 2.24) is 0 Å². The lowest BCUT2D eigenvalue weighted by molar-refractivity contribution is -0.484. The maximum absolute atomic E-state index is 11.1. The maximum Gasteiger partial charge on any atom is 0.211 e. The average molecular weight is 270 g/mol. The molecule has 2 unspecified atom stereocenters. The lowest BCUT2D eigenvalue weighted by atomic mass is 9.85. The number of hydrogen-bond donors (Lipinski definition) is 0. The Hall–Kier alpha value is -1.62. The van der Waals surface area contributed by atoms with Crippen LogP contribution in [0, 0.1) is 16.0 Å². The highest BCUT2D eigenvalue weighted by Gasteiger charge is 2.33. The quantitative estimate of drug-likeness (QED) is 0.480. The molecule has 0 aromatic heterocycles. The fourth-order valence-electron chi connectivity index (χ4n) is 2.26. The molecule has 5 nitrogen and oxygen atoms in total. The van der Waals surface area contributed by atoms with Gasteiger partial charge in [0.15, 0.2) is 0 Å². The van der Waals surface area contributed by atoms with Crippen molar-refractivity contribution in [1.29, 1.82) is 0 Å². The third-order valence-corrected chi connectivity index (χ3v) is 3.43. The van der Waals surface area contributed by atoms with Crippen molar-refractivity contribution in [3.8, 4) is 5.75 Å². The zero-order valence-electron chi connectivity index (χ0n) is 9.54. The molecule has 1 aliphatic heterocycles. The average Bonchev–Trinajstić information content (AvgIpc) is 2.50. The van der Waals surface area contributed by atoms with E-state index in [1.807, 2.05) is 0 Å². The SMILES string of the molecule is O=CC1CCOc2c(Cl)cccc2C1C[N+](=O)[O-]. The van der Waals surface area contributed by atoms with Crippen LogP contribution in [-0.4, -0.2) is 24.4 Å². The van der Waals surface area contributed by atoms with E-state index in [9.17, 15) is 14.9 Å². The van der Waals surface area contributed by atoms with Gasteiger partial charge in [-0.1, -0.05) is 23.7 Å². The minimum absolute atomic E-state index is 0.292. The number of aldehydes is 1. The van der Waals surface area contributed by atoms with Crippen molar-refractivity contribution in [3.63, 3.8) is 0 Å². The van der Waals surface area contributed by atoms with E-state index in [-0.39, 0.29) is 6.54 Å². The summed E-state index contributed by atoms with van der Waals surface area (Å²) in [6.07, 6.45) is 1.24. The first-order valence-electron chi connectivity index (χ1n) is 5.61. The van der Waals surface area contributed by atoms with E-state index in [0.29, 0.717) is 29.4 Å². The highest BCUT2D eigenvalue weighted by Crippen LogP contribution is 2.40. The van der Waals surface area contributed by atoms with Crippen LogP contribution < -0.4 is 4.74 Å². The molecule has 0 radical (unpaired) electrons. The van der Waals surface area contributed by atoms with Gasteiger partial charge in [0.1, 0.15) is 12.0 Å². The Morgan fingerprint density at radius 2 is 2.33 bits per heavy atom. The van der Waals surface area contributed by atoms with E-state index in [2.05, 4.69) is 0 Å². The molecule has 1 aliphatic rings. The van der Waals surface area contributed by atoms with Crippen LogP contribution in [0.2, 0.25) is 5.02 Å². The van der Waals surface area contributed by atoms with E-state index in [1.54, 1.807) is 18.2 Å². The Bertz CT molecular complexity index is 477. The second kappa shape index (κ2) is 5.35. The van der Waals surface area contributed by atoms with E-state index in [4.69, 9.17) is 16.3 Å². The largest absolute Gasteiger partial charge is 0.492 e.